The molecule has 2 atom stereocenters. The molecule has 2 unspecified atom stereocenters. The van der Waals surface area contributed by atoms with Gasteiger partial charge in [0.1, 0.15) is 5.54 Å². The molecular weight excluding hydrogens is 328 g/mol. The first-order valence-corrected chi connectivity index (χ1v) is 8.69. The van der Waals surface area contributed by atoms with Crippen LogP contribution in [0.1, 0.15) is 34.6 Å². The van der Waals surface area contributed by atoms with Crippen LogP contribution >= 0.6 is 0 Å². The summed E-state index contributed by atoms with van der Waals surface area (Å²) < 4.78 is 0. The minimum absolute atomic E-state index is 0.0811. The maximum absolute atomic E-state index is 13.3. The van der Waals surface area contributed by atoms with E-state index in [2.05, 4.69) is 15.5 Å². The number of Topliss-reactive ketones (excluding diaryl/α,β-unsaturated/α-hetero) is 1. The van der Waals surface area contributed by atoms with Crippen molar-refractivity contribution in [3.63, 3.8) is 0 Å². The summed E-state index contributed by atoms with van der Waals surface area (Å²) in [5.74, 6) is -0.228. The lowest BCUT2D eigenvalue weighted by Gasteiger charge is -2.46. The predicted octanol–water partition coefficient (Wildman–Crippen LogP) is 3.49. The Hall–Kier alpha value is -2.86. The first-order valence-electron chi connectivity index (χ1n) is 8.69. The number of hydrogen-bond acceptors (Lipinski definition) is 5. The van der Waals surface area contributed by atoms with E-state index in [1.807, 2.05) is 13.8 Å². The van der Waals surface area contributed by atoms with E-state index in [4.69, 9.17) is 0 Å². The van der Waals surface area contributed by atoms with Gasteiger partial charge in [0.15, 0.2) is 5.78 Å². The van der Waals surface area contributed by atoms with Crippen molar-refractivity contribution < 1.29 is 9.59 Å². The first kappa shape index (κ1) is 16.6. The van der Waals surface area contributed by atoms with Gasteiger partial charge in [-0.15, -0.1) is 0 Å². The van der Waals surface area contributed by atoms with Crippen LogP contribution in [-0.2, 0) is 0 Å². The Balaban J connectivity index is 1.89. The van der Waals surface area contributed by atoms with E-state index in [9.17, 15) is 9.59 Å². The molecule has 0 aliphatic carbocycles. The Morgan fingerprint density at radius 1 is 0.962 bits per heavy atom. The molecule has 0 radical (unpaired) electrons. The van der Waals surface area contributed by atoms with Gasteiger partial charge >= 0.3 is 0 Å². The van der Waals surface area contributed by atoms with Crippen LogP contribution < -0.4 is 5.32 Å². The van der Waals surface area contributed by atoms with E-state index in [1.54, 1.807) is 53.4 Å². The second kappa shape index (κ2) is 6.14. The van der Waals surface area contributed by atoms with Crippen LogP contribution in [0.4, 0.5) is 11.4 Å². The average molecular weight is 348 g/mol. The number of nitrogens with zero attached hydrogens (tertiary/aromatic N) is 3. The Labute approximate surface area is 151 Å². The molecule has 7 rings (SSSR count). The van der Waals surface area contributed by atoms with Crippen molar-refractivity contribution >= 4 is 23.1 Å². The number of ketones is 1. The fourth-order valence-corrected chi connectivity index (χ4v) is 3.45. The van der Waals surface area contributed by atoms with Gasteiger partial charge in [-0.1, -0.05) is 0 Å². The standard InChI is InChI=1S/C20H20N4O2/c1-13-11-24-19(26)15-5-9-17(10-6-15)23-22-16-7-3-14(4-8-16)18(25)20(24,2)12-21-13/h3-10,13,21H,11-12H2,1-2H3. The zero-order valence-corrected chi connectivity index (χ0v) is 14.8. The molecule has 26 heavy (non-hydrogen) atoms. The highest BCUT2D eigenvalue weighted by atomic mass is 16.2. The molecule has 0 aromatic heterocycles. The SMILES string of the molecule is CC1CN2C(=O)c3ccc(cc3)N=Nc3ccc(cc3)C(=O)C2(C)CN1. The summed E-state index contributed by atoms with van der Waals surface area (Å²) in [6.45, 7) is 4.74. The highest BCUT2D eigenvalue weighted by Crippen LogP contribution is 2.29. The van der Waals surface area contributed by atoms with Crippen molar-refractivity contribution in [2.75, 3.05) is 13.1 Å². The second-order valence-electron chi connectivity index (χ2n) is 7.09. The predicted molar refractivity (Wildman–Crippen MR) is 98.3 cm³/mol. The number of azo groups is 1. The molecule has 132 valence electrons. The van der Waals surface area contributed by atoms with E-state index >= 15 is 0 Å². The number of nitrogens with one attached hydrogen (secondary N) is 1. The molecular formula is C20H20N4O2. The van der Waals surface area contributed by atoms with Gasteiger partial charge in [-0.3, -0.25) is 9.59 Å². The van der Waals surface area contributed by atoms with Gasteiger partial charge in [0, 0.05) is 30.3 Å². The van der Waals surface area contributed by atoms with E-state index in [0.29, 0.717) is 35.6 Å². The molecule has 2 aromatic rings. The van der Waals surface area contributed by atoms with E-state index in [0.717, 1.165) is 0 Å². The number of carbonyl (C=O) groups is 2. The van der Waals surface area contributed by atoms with Crippen LogP contribution in [0.3, 0.4) is 0 Å². The summed E-state index contributed by atoms with van der Waals surface area (Å²) in [7, 11) is 0. The number of piperazine rings is 1. The Kier molecular flexibility index (Phi) is 3.92. The molecule has 1 amide bonds. The van der Waals surface area contributed by atoms with Crippen molar-refractivity contribution in [3.8, 4) is 0 Å². The number of hydrogen-bond donors (Lipinski definition) is 1. The lowest BCUT2D eigenvalue weighted by Crippen LogP contribution is -2.67. The second-order valence-corrected chi connectivity index (χ2v) is 7.09. The van der Waals surface area contributed by atoms with Gasteiger partial charge in [-0.25, -0.2) is 0 Å². The summed E-state index contributed by atoms with van der Waals surface area (Å²) in [6, 6.07) is 14.2. The van der Waals surface area contributed by atoms with Crippen LogP contribution in [0.15, 0.2) is 58.8 Å². The molecule has 4 bridgehead atoms. The monoisotopic (exact) mass is 348 g/mol. The summed E-state index contributed by atoms with van der Waals surface area (Å²) in [4.78, 5) is 28.2. The van der Waals surface area contributed by atoms with Crippen LogP contribution in [0, 0.1) is 0 Å². The van der Waals surface area contributed by atoms with Crippen LogP contribution in [0.2, 0.25) is 0 Å². The Bertz CT molecular complexity index is 889. The lowest BCUT2D eigenvalue weighted by molar-refractivity contribution is 0.0320. The molecule has 1 N–H and O–H groups in total. The Morgan fingerprint density at radius 3 is 2.08 bits per heavy atom. The van der Waals surface area contributed by atoms with E-state index in [1.165, 1.54) is 0 Å². The van der Waals surface area contributed by atoms with Gasteiger partial charge in [0.2, 0.25) is 0 Å². The van der Waals surface area contributed by atoms with Crippen molar-refractivity contribution in [3.05, 3.63) is 59.7 Å². The fraction of sp³-hybridized carbons (Fsp3) is 0.300. The van der Waals surface area contributed by atoms with Crippen LogP contribution in [0.25, 0.3) is 0 Å². The van der Waals surface area contributed by atoms with Gasteiger partial charge in [0.05, 0.1) is 11.4 Å². The molecule has 5 aliphatic rings. The smallest absolute Gasteiger partial charge is 0.254 e. The molecule has 5 aliphatic heterocycles. The van der Waals surface area contributed by atoms with Crippen LogP contribution in [0.5, 0.6) is 0 Å². The molecule has 2 aromatic carbocycles. The maximum atomic E-state index is 13.3. The fourth-order valence-electron chi connectivity index (χ4n) is 3.45. The minimum atomic E-state index is -0.949. The summed E-state index contributed by atoms with van der Waals surface area (Å²) in [5.41, 5.74) is 1.51. The molecule has 5 heterocycles. The van der Waals surface area contributed by atoms with Gasteiger partial charge in [-0.2, -0.15) is 10.2 Å². The zero-order chi connectivity index (χ0) is 18.3. The topological polar surface area (TPSA) is 74.1 Å². The van der Waals surface area contributed by atoms with E-state index in [-0.39, 0.29) is 17.7 Å². The average Bonchev–Trinajstić information content (AvgIpc) is 2.67. The van der Waals surface area contributed by atoms with E-state index < -0.39 is 5.54 Å². The third-order valence-corrected chi connectivity index (χ3v) is 5.11. The van der Waals surface area contributed by atoms with Gasteiger partial charge in [-0.05, 0) is 62.4 Å². The largest absolute Gasteiger partial charge is 0.323 e. The normalized spacial score (nSPS) is 25.3. The highest BCUT2D eigenvalue weighted by molar-refractivity contribution is 6.07. The molecule has 6 heteroatoms. The number of rotatable bonds is 0. The maximum Gasteiger partial charge on any atom is 0.254 e. The highest BCUT2D eigenvalue weighted by Gasteiger charge is 2.45. The quantitative estimate of drug-likeness (QED) is 0.792. The van der Waals surface area contributed by atoms with Crippen molar-refractivity contribution in [2.24, 2.45) is 10.2 Å². The van der Waals surface area contributed by atoms with Gasteiger partial charge in [0.25, 0.3) is 5.91 Å². The molecule has 1 fully saturated rings. The van der Waals surface area contributed by atoms with Gasteiger partial charge < -0.3 is 10.2 Å². The lowest BCUT2D eigenvalue weighted by atomic mass is 9.86. The van der Waals surface area contributed by atoms with Crippen molar-refractivity contribution in [1.29, 1.82) is 0 Å². The van der Waals surface area contributed by atoms with Crippen molar-refractivity contribution in [2.45, 2.75) is 25.4 Å². The summed E-state index contributed by atoms with van der Waals surface area (Å²) in [6.07, 6.45) is 0. The van der Waals surface area contributed by atoms with Crippen LogP contribution in [-0.4, -0.2) is 41.3 Å². The third kappa shape index (κ3) is 2.72. The third-order valence-electron chi connectivity index (χ3n) is 5.11. The van der Waals surface area contributed by atoms with Crippen molar-refractivity contribution in [1.82, 2.24) is 10.2 Å². The summed E-state index contributed by atoms with van der Waals surface area (Å²) in [5, 5.41) is 11.7. The minimum Gasteiger partial charge on any atom is -0.323 e. The molecule has 1 saturated heterocycles. The number of amides is 1. The zero-order valence-electron chi connectivity index (χ0n) is 14.8. The number of benzene rings is 2. The first-order chi connectivity index (χ1) is 12.5. The molecule has 6 nitrogen and oxygen atoms in total. The molecule has 0 spiro atoms. The number of carbonyl (C=O) groups excluding carboxylic acids is 2. The summed E-state index contributed by atoms with van der Waals surface area (Å²) >= 11 is 0. The Morgan fingerprint density at radius 2 is 1.50 bits per heavy atom. The molecule has 0 saturated carbocycles.